The second-order valence-electron chi connectivity index (χ2n) is 5.72. The van der Waals surface area contributed by atoms with Gasteiger partial charge >= 0.3 is 5.97 Å². The van der Waals surface area contributed by atoms with Gasteiger partial charge in [0.2, 0.25) is 5.91 Å². The molecule has 1 aromatic carbocycles. The van der Waals surface area contributed by atoms with Gasteiger partial charge in [-0.25, -0.2) is 0 Å². The summed E-state index contributed by atoms with van der Waals surface area (Å²) >= 11 is 0. The molecule has 0 unspecified atom stereocenters. The van der Waals surface area contributed by atoms with Gasteiger partial charge in [0.15, 0.2) is 0 Å². The lowest BCUT2D eigenvalue weighted by Gasteiger charge is -2.24. The number of amides is 1. The average Bonchev–Trinajstić information content (AvgIpc) is 2.53. The second kappa shape index (κ2) is 10.8. The summed E-state index contributed by atoms with van der Waals surface area (Å²) in [4.78, 5) is 27.8. The van der Waals surface area contributed by atoms with Crippen LogP contribution in [0.25, 0.3) is 0 Å². The molecule has 0 N–H and O–H groups in total. The Balaban J connectivity index is 2.51. The van der Waals surface area contributed by atoms with E-state index in [1.807, 2.05) is 49.3 Å². The van der Waals surface area contributed by atoms with E-state index in [0.29, 0.717) is 26.1 Å². The van der Waals surface area contributed by atoms with E-state index in [9.17, 15) is 9.59 Å². The number of benzene rings is 1. The van der Waals surface area contributed by atoms with Crippen LogP contribution in [0, 0.1) is 0 Å². The first-order chi connectivity index (χ1) is 11.0. The molecule has 0 aromatic heterocycles. The highest BCUT2D eigenvalue weighted by atomic mass is 16.5. The number of aryl methyl sites for hydroxylation is 1. The molecule has 0 atom stereocenters. The van der Waals surface area contributed by atoms with Gasteiger partial charge in [0.25, 0.3) is 0 Å². The Bertz CT molecular complexity index is 474. The normalized spacial score (nSPS) is 10.6. The fourth-order valence-corrected chi connectivity index (χ4v) is 2.20. The summed E-state index contributed by atoms with van der Waals surface area (Å²) in [6, 6.07) is 9.97. The summed E-state index contributed by atoms with van der Waals surface area (Å²) in [6.07, 6.45) is 1.43. The number of carbonyl (C=O) groups is 2. The molecule has 0 spiro atoms. The van der Waals surface area contributed by atoms with Crippen LogP contribution in [-0.4, -0.2) is 62.0 Å². The van der Waals surface area contributed by atoms with Gasteiger partial charge in [-0.05, 0) is 33.0 Å². The topological polar surface area (TPSA) is 49.9 Å². The predicted molar refractivity (Wildman–Crippen MR) is 91.1 cm³/mol. The highest BCUT2D eigenvalue weighted by Gasteiger charge is 2.15. The number of nitrogens with zero attached hydrogens (tertiary/aromatic N) is 2. The largest absolute Gasteiger partial charge is 0.466 e. The summed E-state index contributed by atoms with van der Waals surface area (Å²) < 4.78 is 4.94. The molecule has 1 amide bonds. The van der Waals surface area contributed by atoms with E-state index in [-0.39, 0.29) is 18.3 Å². The minimum atomic E-state index is -0.252. The Morgan fingerprint density at radius 2 is 1.70 bits per heavy atom. The van der Waals surface area contributed by atoms with Crippen molar-refractivity contribution in [2.45, 2.75) is 26.2 Å². The summed E-state index contributed by atoms with van der Waals surface area (Å²) in [5, 5.41) is 0. The third kappa shape index (κ3) is 8.35. The fourth-order valence-electron chi connectivity index (χ4n) is 2.20. The van der Waals surface area contributed by atoms with Crippen LogP contribution in [0.4, 0.5) is 0 Å². The molecule has 0 heterocycles. The third-order valence-corrected chi connectivity index (χ3v) is 3.53. The van der Waals surface area contributed by atoms with Crippen molar-refractivity contribution < 1.29 is 14.3 Å². The van der Waals surface area contributed by atoms with Crippen molar-refractivity contribution in [2.24, 2.45) is 0 Å². The van der Waals surface area contributed by atoms with E-state index in [4.69, 9.17) is 4.74 Å². The van der Waals surface area contributed by atoms with Gasteiger partial charge < -0.3 is 14.5 Å². The molecule has 0 bridgehead atoms. The van der Waals surface area contributed by atoms with Crippen molar-refractivity contribution in [3.63, 3.8) is 0 Å². The molecule has 128 valence electrons. The number of esters is 1. The quantitative estimate of drug-likeness (QED) is 0.619. The number of hydrogen-bond acceptors (Lipinski definition) is 4. The maximum Gasteiger partial charge on any atom is 0.307 e. The lowest BCUT2D eigenvalue weighted by molar-refractivity contribution is -0.144. The van der Waals surface area contributed by atoms with Crippen molar-refractivity contribution in [3.05, 3.63) is 35.9 Å². The first-order valence-electron chi connectivity index (χ1n) is 8.15. The Morgan fingerprint density at radius 1 is 1.00 bits per heavy atom. The molecule has 1 aromatic rings. The maximum atomic E-state index is 12.5. The van der Waals surface area contributed by atoms with Gasteiger partial charge in [0, 0.05) is 26.1 Å². The van der Waals surface area contributed by atoms with Crippen molar-refractivity contribution in [1.82, 2.24) is 9.80 Å². The summed E-state index contributed by atoms with van der Waals surface area (Å²) in [6.45, 7) is 3.98. The molecule has 0 aliphatic carbocycles. The monoisotopic (exact) mass is 320 g/mol. The van der Waals surface area contributed by atoms with Crippen LogP contribution >= 0.6 is 0 Å². The summed E-state index contributed by atoms with van der Waals surface area (Å²) in [5.41, 5.74) is 1.15. The van der Waals surface area contributed by atoms with Gasteiger partial charge in [-0.3, -0.25) is 9.59 Å². The number of carbonyl (C=O) groups excluding carboxylic acids is 2. The molecule has 0 radical (unpaired) electrons. The minimum Gasteiger partial charge on any atom is -0.466 e. The number of ether oxygens (including phenoxy) is 1. The zero-order valence-electron chi connectivity index (χ0n) is 14.5. The summed E-state index contributed by atoms with van der Waals surface area (Å²) in [7, 11) is 3.94. The molecule has 5 nitrogen and oxygen atoms in total. The van der Waals surface area contributed by atoms with Gasteiger partial charge in [0.05, 0.1) is 13.0 Å². The van der Waals surface area contributed by atoms with Gasteiger partial charge in [-0.1, -0.05) is 30.3 Å². The number of rotatable bonds is 10. The molecular weight excluding hydrogens is 292 g/mol. The van der Waals surface area contributed by atoms with Crippen LogP contribution in [0.5, 0.6) is 0 Å². The highest BCUT2D eigenvalue weighted by molar-refractivity contribution is 5.77. The first kappa shape index (κ1) is 19.2. The molecule has 0 fully saturated rings. The highest BCUT2D eigenvalue weighted by Crippen LogP contribution is 2.06. The van der Waals surface area contributed by atoms with Crippen LogP contribution in [-0.2, 0) is 20.7 Å². The molecular formula is C18H28N2O3. The Kier molecular flexibility index (Phi) is 8.98. The van der Waals surface area contributed by atoms with E-state index >= 15 is 0 Å². The maximum absolute atomic E-state index is 12.5. The lowest BCUT2D eigenvalue weighted by atomic mass is 10.1. The zero-order chi connectivity index (χ0) is 17.1. The second-order valence-corrected chi connectivity index (χ2v) is 5.72. The van der Waals surface area contributed by atoms with Gasteiger partial charge in [-0.2, -0.15) is 0 Å². The van der Waals surface area contributed by atoms with E-state index in [1.54, 1.807) is 11.8 Å². The van der Waals surface area contributed by atoms with Crippen molar-refractivity contribution in [1.29, 1.82) is 0 Å². The van der Waals surface area contributed by atoms with Crippen molar-refractivity contribution >= 4 is 11.9 Å². The number of hydrogen-bond donors (Lipinski definition) is 0. The average molecular weight is 320 g/mol. The SMILES string of the molecule is CCOC(=O)CCN(CCN(C)C)C(=O)CCc1ccccc1. The van der Waals surface area contributed by atoms with Crippen LogP contribution in [0.1, 0.15) is 25.3 Å². The van der Waals surface area contributed by atoms with Crippen molar-refractivity contribution in [2.75, 3.05) is 40.3 Å². The van der Waals surface area contributed by atoms with Gasteiger partial charge in [0.1, 0.15) is 0 Å². The van der Waals surface area contributed by atoms with Crippen LogP contribution in [0.15, 0.2) is 30.3 Å². The van der Waals surface area contributed by atoms with Crippen LogP contribution < -0.4 is 0 Å². The standard InChI is InChI=1S/C18H28N2O3/c1-4-23-18(22)12-13-20(15-14-19(2)3)17(21)11-10-16-8-6-5-7-9-16/h5-9H,4,10-15H2,1-3H3. The van der Waals surface area contributed by atoms with Crippen LogP contribution in [0.2, 0.25) is 0 Å². The van der Waals surface area contributed by atoms with Crippen molar-refractivity contribution in [3.8, 4) is 0 Å². The Morgan fingerprint density at radius 3 is 2.30 bits per heavy atom. The molecule has 0 saturated carbocycles. The van der Waals surface area contributed by atoms with Gasteiger partial charge in [-0.15, -0.1) is 0 Å². The molecule has 23 heavy (non-hydrogen) atoms. The molecule has 0 aliphatic heterocycles. The zero-order valence-corrected chi connectivity index (χ0v) is 14.5. The van der Waals surface area contributed by atoms with E-state index in [0.717, 1.165) is 18.5 Å². The molecule has 0 aliphatic rings. The van der Waals surface area contributed by atoms with E-state index < -0.39 is 0 Å². The third-order valence-electron chi connectivity index (χ3n) is 3.53. The molecule has 1 rings (SSSR count). The molecule has 5 heteroatoms. The fraction of sp³-hybridized carbons (Fsp3) is 0.556. The number of likely N-dealkylation sites (N-methyl/N-ethyl adjacent to an activating group) is 1. The minimum absolute atomic E-state index is 0.0833. The Labute approximate surface area is 139 Å². The van der Waals surface area contributed by atoms with Crippen LogP contribution in [0.3, 0.4) is 0 Å². The first-order valence-corrected chi connectivity index (χ1v) is 8.15. The molecule has 0 saturated heterocycles. The lowest BCUT2D eigenvalue weighted by Crippen LogP contribution is -2.38. The van der Waals surface area contributed by atoms with E-state index in [2.05, 4.69) is 0 Å². The smallest absolute Gasteiger partial charge is 0.307 e. The van der Waals surface area contributed by atoms with E-state index in [1.165, 1.54) is 0 Å². The summed E-state index contributed by atoms with van der Waals surface area (Å²) in [5.74, 6) is -0.168. The Hall–Kier alpha value is -1.88. The predicted octanol–water partition coefficient (Wildman–Crippen LogP) is 1.96.